The zero-order chi connectivity index (χ0) is 17.5. The van der Waals surface area contributed by atoms with Crippen LogP contribution in [0.4, 0.5) is 11.4 Å². The number of nitrogens with zero attached hydrogens (tertiary/aromatic N) is 1. The fourth-order valence-corrected chi connectivity index (χ4v) is 2.20. The second-order valence-corrected chi connectivity index (χ2v) is 5.82. The van der Waals surface area contributed by atoms with Crippen molar-refractivity contribution in [3.8, 4) is 5.75 Å². The minimum absolute atomic E-state index is 0.125. The quantitative estimate of drug-likeness (QED) is 0.816. The first-order valence-corrected chi connectivity index (χ1v) is 7.91. The van der Waals surface area contributed by atoms with Crippen LogP contribution in [0.1, 0.15) is 5.56 Å². The predicted molar refractivity (Wildman–Crippen MR) is 102 cm³/mol. The molecule has 1 amide bonds. The van der Waals surface area contributed by atoms with Gasteiger partial charge in [0.25, 0.3) is 0 Å². The topological polar surface area (TPSA) is 53.6 Å². The number of nitrogens with one attached hydrogen (secondary N) is 2. The van der Waals surface area contributed by atoms with Gasteiger partial charge >= 0.3 is 0 Å². The third-order valence-electron chi connectivity index (χ3n) is 3.40. The highest BCUT2D eigenvalue weighted by Crippen LogP contribution is 2.15. The zero-order valence-corrected chi connectivity index (χ0v) is 14.8. The number of likely N-dealkylation sites (N-methyl/N-ethyl adjacent to an activating group) is 1. The average Bonchev–Trinajstić information content (AvgIpc) is 2.57. The molecular formula is C18H21N3O2S. The number of thiocarbonyl (C=S) groups is 1. The minimum atomic E-state index is -0.125. The molecule has 0 atom stereocenters. The van der Waals surface area contributed by atoms with Crippen molar-refractivity contribution < 1.29 is 9.53 Å². The molecule has 0 spiro atoms. The summed E-state index contributed by atoms with van der Waals surface area (Å²) in [7, 11) is 3.39. The molecule has 2 aromatic rings. The van der Waals surface area contributed by atoms with E-state index in [4.69, 9.17) is 17.0 Å². The molecule has 0 bridgehead atoms. The maximum Gasteiger partial charge on any atom is 0.243 e. The fraction of sp³-hybridized carbons (Fsp3) is 0.222. The van der Waals surface area contributed by atoms with E-state index in [9.17, 15) is 4.79 Å². The van der Waals surface area contributed by atoms with Gasteiger partial charge in [0.15, 0.2) is 5.11 Å². The van der Waals surface area contributed by atoms with Gasteiger partial charge in [0.05, 0.1) is 13.7 Å². The van der Waals surface area contributed by atoms with Crippen LogP contribution >= 0.6 is 12.2 Å². The van der Waals surface area contributed by atoms with E-state index in [1.54, 1.807) is 19.1 Å². The van der Waals surface area contributed by atoms with Gasteiger partial charge in [0.1, 0.15) is 5.75 Å². The van der Waals surface area contributed by atoms with Crippen LogP contribution in [0.2, 0.25) is 0 Å². The Hall–Kier alpha value is -2.60. The number of hydrogen-bond donors (Lipinski definition) is 2. The van der Waals surface area contributed by atoms with Crippen LogP contribution in [0.3, 0.4) is 0 Å². The normalized spacial score (nSPS) is 9.96. The first-order valence-electron chi connectivity index (χ1n) is 7.50. The van der Waals surface area contributed by atoms with Crippen LogP contribution in [0.15, 0.2) is 48.5 Å². The standard InChI is InChI=1S/C18H21N3O2S/c1-13-4-6-14(7-5-13)19-17(22)12-21(2)18(24)20-15-8-10-16(23-3)11-9-15/h4-11H,12H2,1-3H3,(H,19,22)(H,20,24). The number of ether oxygens (including phenoxy) is 1. The number of benzene rings is 2. The van der Waals surface area contributed by atoms with Crippen molar-refractivity contribution in [2.24, 2.45) is 0 Å². The van der Waals surface area contributed by atoms with Crippen molar-refractivity contribution in [1.29, 1.82) is 0 Å². The number of carbonyl (C=O) groups is 1. The van der Waals surface area contributed by atoms with Crippen LogP contribution in [-0.2, 0) is 4.79 Å². The second-order valence-electron chi connectivity index (χ2n) is 5.43. The van der Waals surface area contributed by atoms with E-state index in [-0.39, 0.29) is 12.5 Å². The first-order chi connectivity index (χ1) is 11.5. The number of hydrogen-bond acceptors (Lipinski definition) is 3. The molecule has 2 rings (SSSR count). The number of aryl methyl sites for hydroxylation is 1. The molecule has 6 heteroatoms. The van der Waals surface area contributed by atoms with E-state index in [0.717, 1.165) is 22.7 Å². The Labute approximate surface area is 147 Å². The molecular weight excluding hydrogens is 322 g/mol. The highest BCUT2D eigenvalue weighted by molar-refractivity contribution is 7.80. The van der Waals surface area contributed by atoms with Gasteiger partial charge in [-0.25, -0.2) is 0 Å². The lowest BCUT2D eigenvalue weighted by molar-refractivity contribution is -0.116. The second kappa shape index (κ2) is 8.31. The molecule has 0 unspecified atom stereocenters. The summed E-state index contributed by atoms with van der Waals surface area (Å²) >= 11 is 5.32. The third-order valence-corrected chi connectivity index (χ3v) is 3.82. The highest BCUT2D eigenvalue weighted by Gasteiger charge is 2.10. The third kappa shape index (κ3) is 5.24. The lowest BCUT2D eigenvalue weighted by Crippen LogP contribution is -2.37. The first kappa shape index (κ1) is 17.7. The number of carbonyl (C=O) groups excluding carboxylic acids is 1. The van der Waals surface area contributed by atoms with E-state index in [2.05, 4.69) is 10.6 Å². The molecule has 0 saturated heterocycles. The molecule has 0 aliphatic heterocycles. The van der Waals surface area contributed by atoms with Gasteiger partial charge in [0.2, 0.25) is 5.91 Å². The van der Waals surface area contributed by atoms with Crippen molar-refractivity contribution in [2.45, 2.75) is 6.92 Å². The fourth-order valence-electron chi connectivity index (χ4n) is 2.02. The van der Waals surface area contributed by atoms with Gasteiger partial charge in [-0.3, -0.25) is 4.79 Å². The molecule has 126 valence electrons. The molecule has 0 aliphatic carbocycles. The number of rotatable bonds is 5. The molecule has 0 aliphatic rings. The molecule has 0 aromatic heterocycles. The summed E-state index contributed by atoms with van der Waals surface area (Å²) in [5.74, 6) is 0.650. The monoisotopic (exact) mass is 343 g/mol. The van der Waals surface area contributed by atoms with Crippen molar-refractivity contribution >= 4 is 34.6 Å². The Morgan fingerprint density at radius 2 is 1.58 bits per heavy atom. The van der Waals surface area contributed by atoms with Crippen LogP contribution in [0, 0.1) is 6.92 Å². The van der Waals surface area contributed by atoms with Crippen LogP contribution < -0.4 is 15.4 Å². The van der Waals surface area contributed by atoms with Gasteiger partial charge in [-0.2, -0.15) is 0 Å². The molecule has 0 fully saturated rings. The number of amides is 1. The molecule has 5 nitrogen and oxygen atoms in total. The zero-order valence-electron chi connectivity index (χ0n) is 14.0. The van der Waals surface area contributed by atoms with Gasteiger partial charge in [-0.05, 0) is 55.5 Å². The van der Waals surface area contributed by atoms with E-state index in [0.29, 0.717) is 5.11 Å². The van der Waals surface area contributed by atoms with Gasteiger partial charge in [0, 0.05) is 18.4 Å². The van der Waals surface area contributed by atoms with Crippen LogP contribution in [-0.4, -0.2) is 36.6 Å². The lowest BCUT2D eigenvalue weighted by Gasteiger charge is -2.20. The Kier molecular flexibility index (Phi) is 6.14. The Morgan fingerprint density at radius 1 is 1.04 bits per heavy atom. The van der Waals surface area contributed by atoms with Crippen LogP contribution in [0.25, 0.3) is 0 Å². The largest absolute Gasteiger partial charge is 0.497 e. The van der Waals surface area contributed by atoms with Crippen molar-refractivity contribution in [3.05, 3.63) is 54.1 Å². The van der Waals surface area contributed by atoms with Crippen molar-refractivity contribution in [3.63, 3.8) is 0 Å². The maximum absolute atomic E-state index is 12.1. The molecule has 0 saturated carbocycles. The molecule has 2 N–H and O–H groups in total. The van der Waals surface area contributed by atoms with Gasteiger partial charge < -0.3 is 20.3 Å². The summed E-state index contributed by atoms with van der Waals surface area (Å²) in [5, 5.41) is 6.41. The van der Waals surface area contributed by atoms with Crippen molar-refractivity contribution in [2.75, 3.05) is 31.3 Å². The Morgan fingerprint density at radius 3 is 2.17 bits per heavy atom. The molecule has 2 aromatic carbocycles. The predicted octanol–water partition coefficient (Wildman–Crippen LogP) is 3.27. The van der Waals surface area contributed by atoms with E-state index >= 15 is 0 Å². The van der Waals surface area contributed by atoms with Crippen molar-refractivity contribution in [1.82, 2.24) is 4.90 Å². The number of methoxy groups -OCH3 is 1. The maximum atomic E-state index is 12.1. The highest BCUT2D eigenvalue weighted by atomic mass is 32.1. The number of anilines is 2. The van der Waals surface area contributed by atoms with E-state index in [1.807, 2.05) is 55.5 Å². The summed E-state index contributed by atoms with van der Waals surface area (Å²) in [6.45, 7) is 2.17. The van der Waals surface area contributed by atoms with Gasteiger partial charge in [-0.1, -0.05) is 17.7 Å². The Bertz CT molecular complexity index is 699. The lowest BCUT2D eigenvalue weighted by atomic mass is 10.2. The van der Waals surface area contributed by atoms with Crippen LogP contribution in [0.5, 0.6) is 5.75 Å². The SMILES string of the molecule is COc1ccc(NC(=S)N(C)CC(=O)Nc2ccc(C)cc2)cc1. The molecule has 24 heavy (non-hydrogen) atoms. The summed E-state index contributed by atoms with van der Waals surface area (Å²) < 4.78 is 5.11. The summed E-state index contributed by atoms with van der Waals surface area (Å²) in [6.07, 6.45) is 0. The molecule has 0 heterocycles. The van der Waals surface area contributed by atoms with Gasteiger partial charge in [-0.15, -0.1) is 0 Å². The minimum Gasteiger partial charge on any atom is -0.497 e. The summed E-state index contributed by atoms with van der Waals surface area (Å²) in [6, 6.07) is 15.1. The molecule has 0 radical (unpaired) electrons. The van der Waals surface area contributed by atoms with E-state index in [1.165, 1.54) is 0 Å². The Balaban J connectivity index is 1.85. The smallest absolute Gasteiger partial charge is 0.243 e. The summed E-state index contributed by atoms with van der Waals surface area (Å²) in [4.78, 5) is 13.8. The van der Waals surface area contributed by atoms with E-state index < -0.39 is 0 Å². The average molecular weight is 343 g/mol. The summed E-state index contributed by atoms with van der Waals surface area (Å²) in [5.41, 5.74) is 2.76.